The van der Waals surface area contributed by atoms with E-state index in [4.69, 9.17) is 5.73 Å². The summed E-state index contributed by atoms with van der Waals surface area (Å²) in [6.45, 7) is 0.440. The van der Waals surface area contributed by atoms with Crippen molar-refractivity contribution in [3.63, 3.8) is 0 Å². The zero-order chi connectivity index (χ0) is 13.5. The second kappa shape index (κ2) is 6.66. The number of anilines is 1. The van der Waals surface area contributed by atoms with Crippen LogP contribution in [0.3, 0.4) is 0 Å². The second-order valence-corrected chi connectivity index (χ2v) is 4.29. The highest BCUT2D eigenvalue weighted by molar-refractivity contribution is 5.89. The lowest BCUT2D eigenvalue weighted by Gasteiger charge is -2.05. The summed E-state index contributed by atoms with van der Waals surface area (Å²) in [5, 5.41) is 2.78. The van der Waals surface area contributed by atoms with Gasteiger partial charge in [-0.25, -0.2) is 4.98 Å². The number of nitrogens with zero attached hydrogens (tertiary/aromatic N) is 1. The molecule has 2 rings (SSSR count). The van der Waals surface area contributed by atoms with Crippen LogP contribution in [0.2, 0.25) is 0 Å². The van der Waals surface area contributed by atoms with Crippen LogP contribution in [0.15, 0.2) is 48.7 Å². The van der Waals surface area contributed by atoms with E-state index in [1.807, 2.05) is 36.4 Å². The van der Waals surface area contributed by atoms with Crippen LogP contribution in [0, 0.1) is 0 Å². The molecule has 98 valence electrons. The molecular formula is C15H17N3O. The molecule has 0 aliphatic heterocycles. The van der Waals surface area contributed by atoms with E-state index < -0.39 is 0 Å². The van der Waals surface area contributed by atoms with Crippen LogP contribution >= 0.6 is 0 Å². The Labute approximate surface area is 112 Å². The molecule has 4 nitrogen and oxygen atoms in total. The van der Waals surface area contributed by atoms with Crippen LogP contribution in [0.25, 0.3) is 0 Å². The molecule has 0 aliphatic rings. The molecule has 0 saturated heterocycles. The van der Waals surface area contributed by atoms with Gasteiger partial charge in [0.1, 0.15) is 5.82 Å². The van der Waals surface area contributed by atoms with Crippen molar-refractivity contribution in [2.45, 2.75) is 19.4 Å². The quantitative estimate of drug-likeness (QED) is 0.859. The molecule has 0 saturated carbocycles. The number of pyridine rings is 1. The van der Waals surface area contributed by atoms with Crippen molar-refractivity contribution in [3.05, 3.63) is 59.8 Å². The fraction of sp³-hybridized carbons (Fsp3) is 0.200. The van der Waals surface area contributed by atoms with Gasteiger partial charge in [0.2, 0.25) is 5.91 Å². The SMILES string of the molecule is NCc1ccnc(NC(=O)CCc2ccccc2)c1. The summed E-state index contributed by atoms with van der Waals surface area (Å²) in [6.07, 6.45) is 2.82. The molecule has 19 heavy (non-hydrogen) atoms. The van der Waals surface area contributed by atoms with Crippen LogP contribution in [0.4, 0.5) is 5.82 Å². The van der Waals surface area contributed by atoms with Gasteiger partial charge in [-0.05, 0) is 29.7 Å². The molecule has 0 aliphatic carbocycles. The highest BCUT2D eigenvalue weighted by Crippen LogP contribution is 2.08. The normalized spacial score (nSPS) is 10.2. The van der Waals surface area contributed by atoms with Crippen molar-refractivity contribution in [1.29, 1.82) is 0 Å². The molecule has 0 unspecified atom stereocenters. The monoisotopic (exact) mass is 255 g/mol. The summed E-state index contributed by atoms with van der Waals surface area (Å²) in [5.41, 5.74) is 7.65. The van der Waals surface area contributed by atoms with Gasteiger partial charge in [0.25, 0.3) is 0 Å². The summed E-state index contributed by atoms with van der Waals surface area (Å²) in [7, 11) is 0. The van der Waals surface area contributed by atoms with E-state index in [0.717, 1.165) is 17.5 Å². The lowest BCUT2D eigenvalue weighted by atomic mass is 10.1. The van der Waals surface area contributed by atoms with Crippen LogP contribution < -0.4 is 11.1 Å². The van der Waals surface area contributed by atoms with E-state index in [-0.39, 0.29) is 5.91 Å². The molecule has 1 aromatic heterocycles. The maximum absolute atomic E-state index is 11.8. The van der Waals surface area contributed by atoms with Gasteiger partial charge in [-0.2, -0.15) is 0 Å². The molecule has 4 heteroatoms. The Morgan fingerprint density at radius 2 is 1.95 bits per heavy atom. The van der Waals surface area contributed by atoms with E-state index in [1.54, 1.807) is 12.3 Å². The molecule has 0 spiro atoms. The van der Waals surface area contributed by atoms with Crippen molar-refractivity contribution in [2.24, 2.45) is 5.73 Å². The second-order valence-electron chi connectivity index (χ2n) is 4.29. The van der Waals surface area contributed by atoms with Crippen molar-refractivity contribution in [3.8, 4) is 0 Å². The average molecular weight is 255 g/mol. The largest absolute Gasteiger partial charge is 0.326 e. The van der Waals surface area contributed by atoms with E-state index >= 15 is 0 Å². The summed E-state index contributed by atoms with van der Waals surface area (Å²) < 4.78 is 0. The number of amides is 1. The number of nitrogens with one attached hydrogen (secondary N) is 1. The van der Waals surface area contributed by atoms with E-state index in [0.29, 0.717) is 18.8 Å². The van der Waals surface area contributed by atoms with E-state index in [1.165, 1.54) is 0 Å². The number of benzene rings is 1. The predicted molar refractivity (Wildman–Crippen MR) is 75.5 cm³/mol. The third-order valence-electron chi connectivity index (χ3n) is 2.81. The first-order valence-electron chi connectivity index (χ1n) is 6.26. The standard InChI is InChI=1S/C15H17N3O/c16-11-13-8-9-17-14(10-13)18-15(19)7-6-12-4-2-1-3-5-12/h1-5,8-10H,6-7,11,16H2,(H,17,18,19). The number of carbonyl (C=O) groups excluding carboxylic acids is 1. The predicted octanol–water partition coefficient (Wildman–Crippen LogP) is 2.11. The average Bonchev–Trinajstić information content (AvgIpc) is 2.46. The Kier molecular flexibility index (Phi) is 4.64. The summed E-state index contributed by atoms with van der Waals surface area (Å²) in [6, 6.07) is 13.6. The lowest BCUT2D eigenvalue weighted by molar-refractivity contribution is -0.116. The number of carbonyl (C=O) groups is 1. The van der Waals surface area contributed by atoms with Gasteiger partial charge < -0.3 is 11.1 Å². The molecule has 0 bridgehead atoms. The number of nitrogens with two attached hydrogens (primary N) is 1. The third-order valence-corrected chi connectivity index (χ3v) is 2.81. The van der Waals surface area contributed by atoms with E-state index in [9.17, 15) is 4.79 Å². The van der Waals surface area contributed by atoms with Gasteiger partial charge >= 0.3 is 0 Å². The first kappa shape index (κ1) is 13.2. The Morgan fingerprint density at radius 1 is 1.16 bits per heavy atom. The van der Waals surface area contributed by atoms with E-state index in [2.05, 4.69) is 10.3 Å². The van der Waals surface area contributed by atoms with Crippen LogP contribution in [-0.4, -0.2) is 10.9 Å². The Balaban J connectivity index is 1.87. The summed E-state index contributed by atoms with van der Waals surface area (Å²) in [4.78, 5) is 15.9. The Hall–Kier alpha value is -2.20. The van der Waals surface area contributed by atoms with Gasteiger partial charge in [0.15, 0.2) is 0 Å². The smallest absolute Gasteiger partial charge is 0.225 e. The number of rotatable bonds is 5. The molecule has 0 atom stereocenters. The minimum absolute atomic E-state index is 0.0366. The molecule has 1 heterocycles. The molecule has 0 fully saturated rings. The number of aryl methyl sites for hydroxylation is 1. The van der Waals surface area contributed by atoms with Crippen LogP contribution in [0.5, 0.6) is 0 Å². The van der Waals surface area contributed by atoms with Gasteiger partial charge in [0.05, 0.1) is 0 Å². The summed E-state index contributed by atoms with van der Waals surface area (Å²) >= 11 is 0. The fourth-order valence-corrected chi connectivity index (χ4v) is 1.78. The molecule has 1 amide bonds. The maximum atomic E-state index is 11.8. The molecule has 0 radical (unpaired) electrons. The van der Waals surface area contributed by atoms with Gasteiger partial charge in [-0.1, -0.05) is 30.3 Å². The number of hydrogen-bond donors (Lipinski definition) is 2. The molecular weight excluding hydrogens is 238 g/mol. The minimum atomic E-state index is -0.0366. The van der Waals surface area contributed by atoms with Crippen LogP contribution in [0.1, 0.15) is 17.5 Å². The maximum Gasteiger partial charge on any atom is 0.225 e. The lowest BCUT2D eigenvalue weighted by Crippen LogP contribution is -2.13. The van der Waals surface area contributed by atoms with Gasteiger partial charge in [-0.3, -0.25) is 4.79 Å². The first-order valence-corrected chi connectivity index (χ1v) is 6.26. The van der Waals surface area contributed by atoms with Crippen molar-refractivity contribution in [2.75, 3.05) is 5.32 Å². The van der Waals surface area contributed by atoms with Gasteiger partial charge in [0, 0.05) is 19.2 Å². The highest BCUT2D eigenvalue weighted by atomic mass is 16.1. The van der Waals surface area contributed by atoms with Crippen molar-refractivity contribution in [1.82, 2.24) is 4.98 Å². The third kappa shape index (κ3) is 4.19. The fourth-order valence-electron chi connectivity index (χ4n) is 1.78. The van der Waals surface area contributed by atoms with Crippen molar-refractivity contribution >= 4 is 11.7 Å². The minimum Gasteiger partial charge on any atom is -0.326 e. The number of hydrogen-bond acceptors (Lipinski definition) is 3. The summed E-state index contributed by atoms with van der Waals surface area (Å²) in [5.74, 6) is 0.520. The zero-order valence-electron chi connectivity index (χ0n) is 10.7. The number of aromatic nitrogens is 1. The van der Waals surface area contributed by atoms with Crippen molar-refractivity contribution < 1.29 is 4.79 Å². The topological polar surface area (TPSA) is 68.0 Å². The zero-order valence-corrected chi connectivity index (χ0v) is 10.7. The molecule has 1 aromatic carbocycles. The van der Waals surface area contributed by atoms with Crippen LogP contribution in [-0.2, 0) is 17.8 Å². The first-order chi connectivity index (χ1) is 9.28. The Morgan fingerprint density at radius 3 is 2.68 bits per heavy atom. The molecule has 2 aromatic rings. The Bertz CT molecular complexity index is 540. The van der Waals surface area contributed by atoms with Gasteiger partial charge in [-0.15, -0.1) is 0 Å². The highest BCUT2D eigenvalue weighted by Gasteiger charge is 2.04. The molecule has 3 N–H and O–H groups in total.